The number of phenolic OH excluding ortho intramolecular Hbond substituents is 1. The van der Waals surface area contributed by atoms with Gasteiger partial charge in [-0.15, -0.1) is 0 Å². The van der Waals surface area contributed by atoms with Crippen LogP contribution in [0.5, 0.6) is 5.75 Å². The summed E-state index contributed by atoms with van der Waals surface area (Å²) < 4.78 is 6.82. The number of methoxy groups -OCH3 is 1. The summed E-state index contributed by atoms with van der Waals surface area (Å²) in [6.45, 7) is 5.72. The summed E-state index contributed by atoms with van der Waals surface area (Å²) >= 11 is 0. The highest BCUT2D eigenvalue weighted by Gasteiger charge is 2.18. The van der Waals surface area contributed by atoms with Crippen LogP contribution >= 0.6 is 0 Å². The van der Waals surface area contributed by atoms with Crippen molar-refractivity contribution in [2.45, 2.75) is 39.8 Å². The number of nitrogens with zero attached hydrogens (tertiary/aromatic N) is 2. The van der Waals surface area contributed by atoms with Crippen LogP contribution in [0.4, 0.5) is 0 Å². The molecule has 1 heterocycles. The summed E-state index contributed by atoms with van der Waals surface area (Å²) in [5.74, 6) is 0.197. The van der Waals surface area contributed by atoms with E-state index >= 15 is 0 Å². The molecule has 0 bridgehead atoms. The zero-order valence-electron chi connectivity index (χ0n) is 13.5. The molecule has 0 spiro atoms. The summed E-state index contributed by atoms with van der Waals surface area (Å²) in [5.41, 5.74) is 2.94. The molecule has 0 aliphatic heterocycles. The topological polar surface area (TPSA) is 64.3 Å². The van der Waals surface area contributed by atoms with Gasteiger partial charge in [-0.3, -0.25) is 4.79 Å². The summed E-state index contributed by atoms with van der Waals surface area (Å²) in [5, 5.41) is 13.8. The number of benzene rings is 1. The molecule has 1 atom stereocenters. The highest BCUT2D eigenvalue weighted by atomic mass is 16.5. The van der Waals surface area contributed by atoms with Crippen molar-refractivity contribution in [2.75, 3.05) is 7.11 Å². The molecule has 0 amide bonds. The van der Waals surface area contributed by atoms with Crippen LogP contribution in [-0.4, -0.2) is 22.0 Å². The molecule has 1 N–H and O–H groups in total. The lowest BCUT2D eigenvalue weighted by atomic mass is 10.0. The summed E-state index contributed by atoms with van der Waals surface area (Å²) in [4.78, 5) is 12.6. The molecule has 0 aliphatic rings. The van der Waals surface area contributed by atoms with E-state index in [9.17, 15) is 9.90 Å². The minimum Gasteiger partial charge on any atom is -0.508 e. The van der Waals surface area contributed by atoms with Gasteiger partial charge in [0.1, 0.15) is 5.75 Å². The maximum atomic E-state index is 12.6. The van der Waals surface area contributed by atoms with E-state index in [2.05, 4.69) is 5.10 Å². The maximum absolute atomic E-state index is 12.6. The van der Waals surface area contributed by atoms with E-state index in [1.807, 2.05) is 13.8 Å². The van der Waals surface area contributed by atoms with Crippen molar-refractivity contribution < 1.29 is 9.84 Å². The summed E-state index contributed by atoms with van der Waals surface area (Å²) in [6.07, 6.45) is 1.30. The van der Waals surface area contributed by atoms with Crippen LogP contribution in [0.15, 0.2) is 29.1 Å². The monoisotopic (exact) mass is 302 g/mol. The van der Waals surface area contributed by atoms with Crippen LogP contribution in [0, 0.1) is 13.8 Å². The molecule has 1 aromatic carbocycles. The fraction of sp³-hybridized carbons (Fsp3) is 0.412. The largest absolute Gasteiger partial charge is 0.508 e. The van der Waals surface area contributed by atoms with Gasteiger partial charge in [0.15, 0.2) is 6.23 Å². The maximum Gasteiger partial charge on any atom is 0.272 e. The normalized spacial score (nSPS) is 12.4. The fourth-order valence-electron chi connectivity index (χ4n) is 2.64. The zero-order valence-corrected chi connectivity index (χ0v) is 13.5. The average molecular weight is 302 g/mol. The van der Waals surface area contributed by atoms with Gasteiger partial charge in [-0.25, -0.2) is 4.68 Å². The first-order valence-electron chi connectivity index (χ1n) is 7.41. The first-order valence-corrected chi connectivity index (χ1v) is 7.41. The van der Waals surface area contributed by atoms with Gasteiger partial charge in [-0.05, 0) is 38.0 Å². The molecule has 2 aromatic rings. The molecule has 1 unspecified atom stereocenters. The molecule has 5 nitrogen and oxygen atoms in total. The molecule has 118 valence electrons. The van der Waals surface area contributed by atoms with Gasteiger partial charge in [0.25, 0.3) is 5.56 Å². The lowest BCUT2D eigenvalue weighted by Gasteiger charge is -2.19. The number of aromatic nitrogens is 2. The van der Waals surface area contributed by atoms with Gasteiger partial charge >= 0.3 is 0 Å². The molecule has 0 saturated carbocycles. The standard InChI is InChI=1S/C17H22N2O3/c1-5-6-15(22-4)19-17(21)11(2)16(12(3)18-19)13-7-9-14(20)10-8-13/h7-10,15,20H,5-6H2,1-4H3. The predicted molar refractivity (Wildman–Crippen MR) is 86.0 cm³/mol. The summed E-state index contributed by atoms with van der Waals surface area (Å²) in [7, 11) is 1.59. The SMILES string of the molecule is CCCC(OC)n1nc(C)c(-c2ccc(O)cc2)c(C)c1=O. The smallest absolute Gasteiger partial charge is 0.272 e. The Hall–Kier alpha value is -2.14. The van der Waals surface area contributed by atoms with Crippen LogP contribution in [0.2, 0.25) is 0 Å². The molecular formula is C17H22N2O3. The van der Waals surface area contributed by atoms with Crippen molar-refractivity contribution in [3.8, 4) is 16.9 Å². The summed E-state index contributed by atoms with van der Waals surface area (Å²) in [6, 6.07) is 6.79. The van der Waals surface area contributed by atoms with E-state index in [0.717, 1.165) is 29.7 Å². The minimum atomic E-state index is -0.344. The highest BCUT2D eigenvalue weighted by Crippen LogP contribution is 2.26. The van der Waals surface area contributed by atoms with Crippen LogP contribution < -0.4 is 5.56 Å². The van der Waals surface area contributed by atoms with Crippen molar-refractivity contribution in [2.24, 2.45) is 0 Å². The highest BCUT2D eigenvalue weighted by molar-refractivity contribution is 5.69. The van der Waals surface area contributed by atoms with E-state index in [-0.39, 0.29) is 17.5 Å². The zero-order chi connectivity index (χ0) is 16.3. The Kier molecular flexibility index (Phi) is 4.98. The van der Waals surface area contributed by atoms with Gasteiger partial charge in [0.05, 0.1) is 5.69 Å². The van der Waals surface area contributed by atoms with Crippen molar-refractivity contribution >= 4 is 0 Å². The number of rotatable bonds is 5. The average Bonchev–Trinajstić information content (AvgIpc) is 2.51. The van der Waals surface area contributed by atoms with E-state index in [1.165, 1.54) is 4.68 Å². The molecule has 0 saturated heterocycles. The van der Waals surface area contributed by atoms with Crippen LogP contribution in [0.3, 0.4) is 0 Å². The van der Waals surface area contributed by atoms with Crippen LogP contribution in [0.25, 0.3) is 11.1 Å². The van der Waals surface area contributed by atoms with E-state index < -0.39 is 0 Å². The second-order valence-corrected chi connectivity index (χ2v) is 5.36. The molecule has 0 fully saturated rings. The lowest BCUT2D eigenvalue weighted by Crippen LogP contribution is -2.31. The molecule has 0 radical (unpaired) electrons. The number of phenols is 1. The van der Waals surface area contributed by atoms with Gasteiger partial charge in [0, 0.05) is 18.2 Å². The van der Waals surface area contributed by atoms with Gasteiger partial charge in [-0.2, -0.15) is 5.10 Å². The first kappa shape index (κ1) is 16.2. The quantitative estimate of drug-likeness (QED) is 0.921. The molecular weight excluding hydrogens is 280 g/mol. The Morgan fingerprint density at radius 2 is 1.91 bits per heavy atom. The van der Waals surface area contributed by atoms with Crippen LogP contribution in [-0.2, 0) is 4.74 Å². The second kappa shape index (κ2) is 6.75. The van der Waals surface area contributed by atoms with Crippen molar-refractivity contribution in [1.29, 1.82) is 0 Å². The van der Waals surface area contributed by atoms with E-state index in [0.29, 0.717) is 5.56 Å². The number of aryl methyl sites for hydroxylation is 1. The van der Waals surface area contributed by atoms with Crippen LogP contribution in [0.1, 0.15) is 37.3 Å². The Balaban J connectivity index is 2.58. The van der Waals surface area contributed by atoms with Crippen molar-refractivity contribution in [3.05, 3.63) is 45.9 Å². The molecule has 2 rings (SSSR count). The van der Waals surface area contributed by atoms with Gasteiger partial charge in [-0.1, -0.05) is 25.5 Å². The lowest BCUT2D eigenvalue weighted by molar-refractivity contribution is 0.0218. The second-order valence-electron chi connectivity index (χ2n) is 5.36. The predicted octanol–water partition coefficient (Wildman–Crippen LogP) is 3.18. The Morgan fingerprint density at radius 3 is 2.45 bits per heavy atom. The minimum absolute atomic E-state index is 0.144. The number of hydrogen-bond acceptors (Lipinski definition) is 4. The Bertz CT molecular complexity index is 705. The fourth-order valence-corrected chi connectivity index (χ4v) is 2.64. The Morgan fingerprint density at radius 1 is 1.27 bits per heavy atom. The third kappa shape index (κ3) is 3.04. The number of ether oxygens (including phenoxy) is 1. The van der Waals surface area contributed by atoms with Crippen molar-refractivity contribution in [1.82, 2.24) is 9.78 Å². The third-order valence-corrected chi connectivity index (χ3v) is 3.76. The number of aromatic hydroxyl groups is 1. The Labute approximate surface area is 130 Å². The molecule has 1 aromatic heterocycles. The molecule has 0 aliphatic carbocycles. The first-order chi connectivity index (χ1) is 10.5. The van der Waals surface area contributed by atoms with Gasteiger partial charge in [0.2, 0.25) is 0 Å². The molecule has 22 heavy (non-hydrogen) atoms. The van der Waals surface area contributed by atoms with Gasteiger partial charge < -0.3 is 9.84 Å². The van der Waals surface area contributed by atoms with E-state index in [4.69, 9.17) is 4.74 Å². The third-order valence-electron chi connectivity index (χ3n) is 3.76. The van der Waals surface area contributed by atoms with Crippen molar-refractivity contribution in [3.63, 3.8) is 0 Å². The number of hydrogen-bond donors (Lipinski definition) is 1. The molecule has 5 heteroatoms. The van der Waals surface area contributed by atoms with E-state index in [1.54, 1.807) is 38.3 Å².